The highest BCUT2D eigenvalue weighted by atomic mass is 32.2. The predicted octanol–water partition coefficient (Wildman–Crippen LogP) is -0.267. The van der Waals surface area contributed by atoms with Gasteiger partial charge in [0.1, 0.15) is 6.61 Å². The van der Waals surface area contributed by atoms with Crippen LogP contribution in [-0.2, 0) is 19.6 Å². The number of hydrogen-bond acceptors (Lipinski definition) is 4. The monoisotopic (exact) mass is 186 g/mol. The van der Waals surface area contributed by atoms with Gasteiger partial charge < -0.3 is 4.74 Å². The maximum absolute atomic E-state index is 12.2. The van der Waals surface area contributed by atoms with Crippen LogP contribution in [0.1, 0.15) is 6.92 Å². The van der Waals surface area contributed by atoms with Crippen LogP contribution in [0.4, 0.5) is 4.39 Å². The second-order valence-corrected chi connectivity index (χ2v) is 3.27. The SMILES string of the molecule is CC(=O)OCC(F)S(=O)(=O)O. The predicted molar refractivity (Wildman–Crippen MR) is 33.1 cm³/mol. The molecule has 11 heavy (non-hydrogen) atoms. The summed E-state index contributed by atoms with van der Waals surface area (Å²) in [7, 11) is -4.74. The Morgan fingerprint density at radius 2 is 2.18 bits per heavy atom. The Balaban J connectivity index is 3.90. The highest BCUT2D eigenvalue weighted by molar-refractivity contribution is 7.86. The van der Waals surface area contributed by atoms with E-state index in [1.54, 1.807) is 0 Å². The Morgan fingerprint density at radius 3 is 2.45 bits per heavy atom. The van der Waals surface area contributed by atoms with E-state index in [-0.39, 0.29) is 0 Å². The topological polar surface area (TPSA) is 80.7 Å². The third-order valence-corrected chi connectivity index (χ3v) is 1.52. The maximum atomic E-state index is 12.2. The summed E-state index contributed by atoms with van der Waals surface area (Å²) < 4.78 is 44.0. The van der Waals surface area contributed by atoms with Gasteiger partial charge in [-0.05, 0) is 0 Å². The summed E-state index contributed by atoms with van der Waals surface area (Å²) in [5.74, 6) is -0.809. The summed E-state index contributed by atoms with van der Waals surface area (Å²) in [6, 6.07) is 0. The quantitative estimate of drug-likeness (QED) is 0.484. The number of hydrogen-bond donors (Lipinski definition) is 1. The van der Waals surface area contributed by atoms with E-state index in [0.29, 0.717) is 0 Å². The zero-order valence-electron chi connectivity index (χ0n) is 5.65. The number of carbonyl (C=O) groups excluding carboxylic acids is 1. The summed E-state index contributed by atoms with van der Waals surface area (Å²) in [5.41, 5.74) is -2.56. The summed E-state index contributed by atoms with van der Waals surface area (Å²) in [6.07, 6.45) is 0. The van der Waals surface area contributed by atoms with Gasteiger partial charge in [0.25, 0.3) is 5.50 Å². The maximum Gasteiger partial charge on any atom is 0.302 e. The molecule has 1 unspecified atom stereocenters. The second-order valence-electron chi connectivity index (χ2n) is 1.73. The van der Waals surface area contributed by atoms with Crippen molar-refractivity contribution in [2.75, 3.05) is 6.61 Å². The van der Waals surface area contributed by atoms with E-state index in [1.807, 2.05) is 0 Å². The van der Waals surface area contributed by atoms with E-state index in [1.165, 1.54) is 0 Å². The number of rotatable bonds is 3. The molecule has 0 saturated heterocycles. The molecule has 0 aliphatic carbocycles. The largest absolute Gasteiger partial charge is 0.462 e. The smallest absolute Gasteiger partial charge is 0.302 e. The first-order valence-corrected chi connectivity index (χ1v) is 4.08. The van der Waals surface area contributed by atoms with Gasteiger partial charge in [0, 0.05) is 6.92 Å². The molecule has 0 fully saturated rings. The highest BCUT2D eigenvalue weighted by Crippen LogP contribution is 2.00. The summed E-state index contributed by atoms with van der Waals surface area (Å²) >= 11 is 0. The molecule has 0 radical (unpaired) electrons. The molecule has 0 aliphatic heterocycles. The van der Waals surface area contributed by atoms with Crippen LogP contribution in [0, 0.1) is 0 Å². The molecule has 0 amide bonds. The van der Waals surface area contributed by atoms with Gasteiger partial charge >= 0.3 is 16.1 Å². The van der Waals surface area contributed by atoms with Gasteiger partial charge in [-0.25, -0.2) is 4.39 Å². The van der Waals surface area contributed by atoms with Crippen molar-refractivity contribution in [1.29, 1.82) is 0 Å². The Hall–Kier alpha value is -0.690. The Bertz CT molecular complexity index is 233. The van der Waals surface area contributed by atoms with E-state index < -0.39 is 28.2 Å². The molecule has 0 aromatic heterocycles. The fourth-order valence-electron chi connectivity index (χ4n) is 0.269. The number of carbonyl (C=O) groups is 1. The van der Waals surface area contributed by atoms with E-state index in [9.17, 15) is 17.6 Å². The molecule has 7 heteroatoms. The zero-order chi connectivity index (χ0) is 9.07. The number of halogens is 1. The van der Waals surface area contributed by atoms with Crippen LogP contribution in [0.5, 0.6) is 0 Å². The van der Waals surface area contributed by atoms with Crippen molar-refractivity contribution < 1.29 is 26.9 Å². The van der Waals surface area contributed by atoms with Crippen LogP contribution in [0.25, 0.3) is 0 Å². The lowest BCUT2D eigenvalue weighted by Gasteiger charge is -2.03. The first-order valence-electron chi connectivity index (χ1n) is 2.57. The number of alkyl halides is 1. The minimum atomic E-state index is -4.74. The van der Waals surface area contributed by atoms with Gasteiger partial charge in [-0.3, -0.25) is 9.35 Å². The van der Waals surface area contributed by atoms with Crippen LogP contribution >= 0.6 is 0 Å². The molecule has 1 N–H and O–H groups in total. The molecule has 0 bridgehead atoms. The number of esters is 1. The average Bonchev–Trinajstić information content (AvgIpc) is 1.80. The van der Waals surface area contributed by atoms with E-state index in [0.717, 1.165) is 6.92 Å². The van der Waals surface area contributed by atoms with Crippen molar-refractivity contribution in [3.63, 3.8) is 0 Å². The molecule has 0 saturated carbocycles. The Labute approximate surface area is 62.9 Å². The first-order chi connectivity index (χ1) is 4.84. The molecule has 0 rings (SSSR count). The van der Waals surface area contributed by atoms with Gasteiger partial charge in [0.15, 0.2) is 0 Å². The van der Waals surface area contributed by atoms with Crippen LogP contribution in [0.3, 0.4) is 0 Å². The third-order valence-electron chi connectivity index (χ3n) is 0.741. The molecule has 1 atom stereocenters. The Kier molecular flexibility index (Phi) is 3.40. The van der Waals surface area contributed by atoms with Crippen LogP contribution in [-0.4, -0.2) is 31.1 Å². The minimum Gasteiger partial charge on any atom is -0.462 e. The normalized spacial score (nSPS) is 14.1. The fourth-order valence-corrected chi connectivity index (χ4v) is 0.509. The van der Waals surface area contributed by atoms with Gasteiger partial charge in [-0.2, -0.15) is 8.42 Å². The highest BCUT2D eigenvalue weighted by Gasteiger charge is 2.22. The van der Waals surface area contributed by atoms with Crippen LogP contribution in [0.15, 0.2) is 0 Å². The molecular formula is C4H7FO5S. The standard InChI is InChI=1S/C4H7FO5S/c1-3(6)10-2-4(5)11(7,8)9/h4H,2H2,1H3,(H,7,8,9). The van der Waals surface area contributed by atoms with Gasteiger partial charge in [-0.15, -0.1) is 0 Å². The molecule has 0 aliphatic rings. The molecule has 0 heterocycles. The minimum absolute atomic E-state index is 0.809. The van der Waals surface area contributed by atoms with Gasteiger partial charge in [0.2, 0.25) is 0 Å². The molecule has 0 aromatic carbocycles. The Morgan fingerprint density at radius 1 is 1.73 bits per heavy atom. The molecule has 5 nitrogen and oxygen atoms in total. The summed E-state index contributed by atoms with van der Waals surface area (Å²) in [4.78, 5) is 10.0. The summed E-state index contributed by atoms with van der Waals surface area (Å²) in [6.45, 7) is 0.0187. The van der Waals surface area contributed by atoms with E-state index >= 15 is 0 Å². The third kappa shape index (κ3) is 4.68. The van der Waals surface area contributed by atoms with Crippen molar-refractivity contribution in [1.82, 2.24) is 0 Å². The zero-order valence-corrected chi connectivity index (χ0v) is 6.47. The molecular weight excluding hydrogens is 179 g/mol. The lowest BCUT2D eigenvalue weighted by atomic mass is 10.7. The van der Waals surface area contributed by atoms with Crippen molar-refractivity contribution in [3.8, 4) is 0 Å². The van der Waals surface area contributed by atoms with Crippen molar-refractivity contribution >= 4 is 16.1 Å². The van der Waals surface area contributed by atoms with Crippen molar-refractivity contribution in [3.05, 3.63) is 0 Å². The molecule has 66 valence electrons. The second kappa shape index (κ2) is 3.63. The summed E-state index contributed by atoms with van der Waals surface area (Å²) in [5, 5.41) is 0. The van der Waals surface area contributed by atoms with E-state index in [2.05, 4.69) is 4.74 Å². The molecule has 0 aromatic rings. The van der Waals surface area contributed by atoms with E-state index in [4.69, 9.17) is 4.55 Å². The fraction of sp³-hybridized carbons (Fsp3) is 0.750. The van der Waals surface area contributed by atoms with Crippen LogP contribution in [0.2, 0.25) is 0 Å². The number of ether oxygens (including phenoxy) is 1. The van der Waals surface area contributed by atoms with Gasteiger partial charge in [0.05, 0.1) is 0 Å². The van der Waals surface area contributed by atoms with Crippen molar-refractivity contribution in [2.45, 2.75) is 12.4 Å². The first kappa shape index (κ1) is 10.3. The van der Waals surface area contributed by atoms with Crippen LogP contribution < -0.4 is 0 Å². The lowest BCUT2D eigenvalue weighted by Crippen LogP contribution is -2.22. The van der Waals surface area contributed by atoms with Crippen molar-refractivity contribution in [2.24, 2.45) is 0 Å². The average molecular weight is 186 g/mol. The van der Waals surface area contributed by atoms with Gasteiger partial charge in [-0.1, -0.05) is 0 Å². The lowest BCUT2D eigenvalue weighted by molar-refractivity contribution is -0.141. The molecule has 0 spiro atoms.